The van der Waals surface area contributed by atoms with Crippen LogP contribution in [-0.4, -0.2) is 30.2 Å². The lowest BCUT2D eigenvalue weighted by atomic mass is 10.1. The van der Waals surface area contributed by atoms with Gasteiger partial charge in [-0.05, 0) is 33.2 Å². The summed E-state index contributed by atoms with van der Waals surface area (Å²) in [4.78, 5) is 10.7. The molecule has 116 valence electrons. The minimum Gasteiger partial charge on any atom is -0.491 e. The molecule has 0 aromatic heterocycles. The van der Waals surface area contributed by atoms with Gasteiger partial charge in [-0.2, -0.15) is 0 Å². The highest BCUT2D eigenvalue weighted by Gasteiger charge is 2.15. The van der Waals surface area contributed by atoms with Crippen LogP contribution in [-0.2, 0) is 0 Å². The summed E-state index contributed by atoms with van der Waals surface area (Å²) in [7, 11) is 0. The Morgan fingerprint density at radius 2 is 2.19 bits per heavy atom. The summed E-state index contributed by atoms with van der Waals surface area (Å²) in [6, 6.07) is 5.16. The number of nitrogens with zero attached hydrogens (tertiary/aromatic N) is 1. The van der Waals surface area contributed by atoms with Crippen LogP contribution in [0.25, 0.3) is 0 Å². The van der Waals surface area contributed by atoms with Gasteiger partial charge < -0.3 is 15.4 Å². The molecule has 0 spiro atoms. The van der Waals surface area contributed by atoms with E-state index in [9.17, 15) is 10.1 Å². The molecular formula is C15H23N3O3. The Labute approximate surface area is 125 Å². The van der Waals surface area contributed by atoms with Crippen molar-refractivity contribution in [3.63, 3.8) is 0 Å². The molecule has 0 radical (unpaired) electrons. The van der Waals surface area contributed by atoms with E-state index in [4.69, 9.17) is 4.74 Å². The van der Waals surface area contributed by atoms with E-state index in [2.05, 4.69) is 10.6 Å². The number of hydrogen-bond acceptors (Lipinski definition) is 5. The average molecular weight is 293 g/mol. The highest BCUT2D eigenvalue weighted by Crippen LogP contribution is 2.27. The van der Waals surface area contributed by atoms with Crippen molar-refractivity contribution < 1.29 is 9.66 Å². The van der Waals surface area contributed by atoms with Gasteiger partial charge in [0, 0.05) is 30.4 Å². The van der Waals surface area contributed by atoms with Crippen molar-refractivity contribution in [2.75, 3.05) is 18.4 Å². The van der Waals surface area contributed by atoms with Gasteiger partial charge in [0.2, 0.25) is 0 Å². The first-order valence-electron chi connectivity index (χ1n) is 7.48. The third kappa shape index (κ3) is 4.90. The number of nitrogens with one attached hydrogen (secondary N) is 2. The van der Waals surface area contributed by atoms with Crippen LogP contribution in [0.1, 0.15) is 33.1 Å². The first-order valence-corrected chi connectivity index (χ1v) is 7.48. The first-order chi connectivity index (χ1) is 10.0. The molecule has 6 heteroatoms. The van der Waals surface area contributed by atoms with Crippen molar-refractivity contribution >= 4 is 11.4 Å². The molecule has 1 aromatic rings. The topological polar surface area (TPSA) is 76.4 Å². The number of ether oxygens (including phenoxy) is 1. The second-order valence-electron chi connectivity index (χ2n) is 5.68. The zero-order valence-electron chi connectivity index (χ0n) is 12.6. The molecule has 6 nitrogen and oxygen atoms in total. The molecular weight excluding hydrogens is 270 g/mol. The lowest BCUT2D eigenvalue weighted by molar-refractivity contribution is -0.384. The Kier molecular flexibility index (Phi) is 5.38. The lowest BCUT2D eigenvalue weighted by Crippen LogP contribution is -2.30. The van der Waals surface area contributed by atoms with Crippen LogP contribution >= 0.6 is 0 Å². The van der Waals surface area contributed by atoms with Crippen molar-refractivity contribution in [3.8, 4) is 5.75 Å². The maximum atomic E-state index is 11.0. The van der Waals surface area contributed by atoms with E-state index in [1.807, 2.05) is 19.9 Å². The van der Waals surface area contributed by atoms with Crippen LogP contribution in [0.4, 0.5) is 11.4 Å². The number of nitro groups is 1. The zero-order valence-corrected chi connectivity index (χ0v) is 12.6. The molecule has 0 bridgehead atoms. The molecule has 1 fully saturated rings. The molecule has 1 heterocycles. The normalized spacial score (nSPS) is 19.1. The average Bonchev–Trinajstić information content (AvgIpc) is 2.66. The van der Waals surface area contributed by atoms with Gasteiger partial charge in [-0.3, -0.25) is 10.1 Å². The molecule has 1 saturated heterocycles. The van der Waals surface area contributed by atoms with Crippen molar-refractivity contribution in [1.82, 2.24) is 5.32 Å². The predicted octanol–water partition coefficient (Wildman–Crippen LogP) is 2.94. The molecule has 1 atom stereocenters. The third-order valence-corrected chi connectivity index (χ3v) is 3.39. The molecule has 0 aliphatic carbocycles. The van der Waals surface area contributed by atoms with Crippen LogP contribution < -0.4 is 15.4 Å². The molecule has 1 aliphatic rings. The van der Waals surface area contributed by atoms with Crippen molar-refractivity contribution in [3.05, 3.63) is 28.3 Å². The quantitative estimate of drug-likeness (QED) is 0.645. The smallest absolute Gasteiger partial charge is 0.275 e. The van der Waals surface area contributed by atoms with E-state index in [0.29, 0.717) is 11.8 Å². The number of anilines is 1. The lowest BCUT2D eigenvalue weighted by Gasteiger charge is -2.19. The monoisotopic (exact) mass is 293 g/mol. The van der Waals surface area contributed by atoms with Crippen LogP contribution in [0, 0.1) is 10.1 Å². The van der Waals surface area contributed by atoms with Gasteiger partial charge in [0.15, 0.2) is 0 Å². The number of nitro benzene ring substituents is 1. The van der Waals surface area contributed by atoms with Gasteiger partial charge in [-0.15, -0.1) is 0 Å². The molecule has 2 N–H and O–H groups in total. The highest BCUT2D eigenvalue weighted by molar-refractivity contribution is 5.57. The fraction of sp³-hybridized carbons (Fsp3) is 0.600. The van der Waals surface area contributed by atoms with Gasteiger partial charge in [0.25, 0.3) is 5.69 Å². The summed E-state index contributed by atoms with van der Waals surface area (Å²) in [5.41, 5.74) is 0.797. The number of rotatable bonds is 5. The van der Waals surface area contributed by atoms with Crippen LogP contribution in [0.5, 0.6) is 5.75 Å². The maximum Gasteiger partial charge on any atom is 0.275 e. The fourth-order valence-corrected chi connectivity index (χ4v) is 2.49. The number of benzene rings is 1. The van der Waals surface area contributed by atoms with E-state index < -0.39 is 0 Å². The van der Waals surface area contributed by atoms with Crippen LogP contribution in [0.2, 0.25) is 0 Å². The van der Waals surface area contributed by atoms with Gasteiger partial charge in [-0.1, -0.05) is 6.42 Å². The van der Waals surface area contributed by atoms with E-state index in [1.54, 1.807) is 6.07 Å². The van der Waals surface area contributed by atoms with Crippen molar-refractivity contribution in [2.24, 2.45) is 0 Å². The van der Waals surface area contributed by atoms with Gasteiger partial charge >= 0.3 is 0 Å². The zero-order chi connectivity index (χ0) is 15.2. The Balaban J connectivity index is 2.16. The van der Waals surface area contributed by atoms with E-state index in [0.717, 1.165) is 31.6 Å². The van der Waals surface area contributed by atoms with Crippen LogP contribution in [0.3, 0.4) is 0 Å². The molecule has 1 aromatic carbocycles. The van der Waals surface area contributed by atoms with E-state index >= 15 is 0 Å². The Morgan fingerprint density at radius 3 is 2.90 bits per heavy atom. The standard InChI is InChI=1S/C15H23N3O3/c1-11(2)21-15-8-13(7-14(9-15)18(19)20)17-12-5-3-4-6-16-10-12/h7-9,11-12,16-17H,3-6,10H2,1-2H3. The highest BCUT2D eigenvalue weighted by atomic mass is 16.6. The maximum absolute atomic E-state index is 11.0. The van der Waals surface area contributed by atoms with E-state index in [1.165, 1.54) is 12.5 Å². The molecule has 1 unspecified atom stereocenters. The Hall–Kier alpha value is -1.82. The first kappa shape index (κ1) is 15.6. The van der Waals surface area contributed by atoms with Gasteiger partial charge in [-0.25, -0.2) is 0 Å². The minimum atomic E-state index is -0.385. The van der Waals surface area contributed by atoms with Gasteiger partial charge in [0.1, 0.15) is 5.75 Å². The van der Waals surface area contributed by atoms with Crippen molar-refractivity contribution in [2.45, 2.75) is 45.3 Å². The largest absolute Gasteiger partial charge is 0.491 e. The molecule has 0 amide bonds. The van der Waals surface area contributed by atoms with Gasteiger partial charge in [0.05, 0.1) is 17.1 Å². The number of hydrogen-bond donors (Lipinski definition) is 2. The number of non-ortho nitro benzene ring substituents is 1. The molecule has 2 rings (SSSR count). The summed E-state index contributed by atoms with van der Waals surface area (Å²) in [6.07, 6.45) is 3.39. The summed E-state index contributed by atoms with van der Waals surface area (Å²) in [5.74, 6) is 0.531. The summed E-state index contributed by atoms with van der Waals surface area (Å²) < 4.78 is 5.60. The fourth-order valence-electron chi connectivity index (χ4n) is 2.49. The third-order valence-electron chi connectivity index (χ3n) is 3.39. The summed E-state index contributed by atoms with van der Waals surface area (Å²) >= 11 is 0. The molecule has 21 heavy (non-hydrogen) atoms. The van der Waals surface area contributed by atoms with E-state index in [-0.39, 0.29) is 16.7 Å². The van der Waals surface area contributed by atoms with Crippen LogP contribution in [0.15, 0.2) is 18.2 Å². The Bertz CT molecular complexity index is 483. The molecule has 0 saturated carbocycles. The second kappa shape index (κ2) is 7.26. The second-order valence-corrected chi connectivity index (χ2v) is 5.68. The minimum absolute atomic E-state index is 0.0144. The van der Waals surface area contributed by atoms with Crippen molar-refractivity contribution in [1.29, 1.82) is 0 Å². The summed E-state index contributed by atoms with van der Waals surface area (Å²) in [6.45, 7) is 5.72. The Morgan fingerprint density at radius 1 is 1.38 bits per heavy atom. The molecule has 1 aliphatic heterocycles. The summed E-state index contributed by atoms with van der Waals surface area (Å²) in [5, 5.41) is 17.8. The predicted molar refractivity (Wildman–Crippen MR) is 83.0 cm³/mol. The SMILES string of the molecule is CC(C)Oc1cc(NC2CCCCNC2)cc([N+](=O)[O-])c1.